The zero-order valence-electron chi connectivity index (χ0n) is 12.3. The van der Waals surface area contributed by atoms with Crippen LogP contribution in [-0.4, -0.2) is 33.2 Å². The van der Waals surface area contributed by atoms with Gasteiger partial charge in [-0.25, -0.2) is 0 Å². The Labute approximate surface area is 125 Å². The second-order valence-corrected chi connectivity index (χ2v) is 6.33. The van der Waals surface area contributed by atoms with E-state index in [0.717, 1.165) is 30.0 Å². The lowest BCUT2D eigenvalue weighted by Gasteiger charge is -2.26. The fourth-order valence-corrected chi connectivity index (χ4v) is 4.03. The van der Waals surface area contributed by atoms with Gasteiger partial charge >= 0.3 is 0 Å². The van der Waals surface area contributed by atoms with Crippen molar-refractivity contribution in [1.82, 2.24) is 25.2 Å². The van der Waals surface area contributed by atoms with Crippen molar-refractivity contribution < 1.29 is 0 Å². The van der Waals surface area contributed by atoms with Crippen molar-refractivity contribution in [2.24, 2.45) is 5.92 Å². The van der Waals surface area contributed by atoms with Crippen LogP contribution in [-0.2, 0) is 6.54 Å². The van der Waals surface area contributed by atoms with Gasteiger partial charge in [0.05, 0.1) is 6.54 Å². The van der Waals surface area contributed by atoms with Crippen molar-refractivity contribution >= 4 is 5.65 Å². The summed E-state index contributed by atoms with van der Waals surface area (Å²) in [6.45, 7) is 2.00. The van der Waals surface area contributed by atoms with E-state index in [1.54, 1.807) is 0 Å². The summed E-state index contributed by atoms with van der Waals surface area (Å²) in [7, 11) is 0. The molecule has 21 heavy (non-hydrogen) atoms. The van der Waals surface area contributed by atoms with Crippen LogP contribution in [0.2, 0.25) is 0 Å². The molecular weight excluding hydrogens is 262 g/mol. The van der Waals surface area contributed by atoms with Gasteiger partial charge in [0.15, 0.2) is 11.5 Å². The molecule has 5 heteroatoms. The lowest BCUT2D eigenvalue weighted by Crippen LogP contribution is -2.42. The molecule has 2 aromatic heterocycles. The van der Waals surface area contributed by atoms with Crippen molar-refractivity contribution in [2.75, 3.05) is 6.54 Å². The van der Waals surface area contributed by atoms with Gasteiger partial charge in [-0.2, -0.15) is 0 Å². The van der Waals surface area contributed by atoms with Crippen molar-refractivity contribution in [1.29, 1.82) is 0 Å². The highest BCUT2D eigenvalue weighted by molar-refractivity contribution is 5.36. The lowest BCUT2D eigenvalue weighted by atomic mass is 9.93. The number of aromatic nitrogens is 3. The van der Waals surface area contributed by atoms with Gasteiger partial charge in [-0.1, -0.05) is 12.5 Å². The summed E-state index contributed by atoms with van der Waals surface area (Å²) in [5, 5.41) is 16.0. The standard InChI is InChI=1S/C16H23N5/c1-2-10-21-15(8-1)19-20-16(21)11-18-14-6-3-5-12(14)13-7-4-9-17-13/h1-2,8,10,12-14,17-18H,3-7,9,11H2. The third-order valence-corrected chi connectivity index (χ3v) is 5.09. The minimum Gasteiger partial charge on any atom is -0.314 e. The highest BCUT2D eigenvalue weighted by atomic mass is 15.3. The van der Waals surface area contributed by atoms with Crippen LogP contribution in [0.4, 0.5) is 0 Å². The first-order chi connectivity index (χ1) is 10.4. The first-order valence-corrected chi connectivity index (χ1v) is 8.17. The highest BCUT2D eigenvalue weighted by Gasteiger charge is 2.34. The van der Waals surface area contributed by atoms with E-state index in [2.05, 4.69) is 25.2 Å². The molecule has 2 aromatic rings. The summed E-state index contributed by atoms with van der Waals surface area (Å²) < 4.78 is 2.07. The summed E-state index contributed by atoms with van der Waals surface area (Å²) in [5.74, 6) is 1.79. The van der Waals surface area contributed by atoms with E-state index in [1.807, 2.05) is 24.4 Å². The molecule has 0 amide bonds. The minimum atomic E-state index is 0.622. The van der Waals surface area contributed by atoms with Crippen molar-refractivity contribution in [3.63, 3.8) is 0 Å². The Bertz CT molecular complexity index is 601. The fraction of sp³-hybridized carbons (Fsp3) is 0.625. The molecule has 5 nitrogen and oxygen atoms in total. The number of hydrogen-bond acceptors (Lipinski definition) is 4. The molecule has 2 fully saturated rings. The van der Waals surface area contributed by atoms with Crippen molar-refractivity contribution in [3.8, 4) is 0 Å². The number of pyridine rings is 1. The lowest BCUT2D eigenvalue weighted by molar-refractivity contribution is 0.318. The maximum atomic E-state index is 4.31. The molecule has 112 valence electrons. The van der Waals surface area contributed by atoms with Crippen LogP contribution in [0.3, 0.4) is 0 Å². The Kier molecular flexibility index (Phi) is 3.61. The summed E-state index contributed by atoms with van der Waals surface area (Å²) in [6, 6.07) is 7.37. The van der Waals surface area contributed by atoms with Crippen LogP contribution in [0, 0.1) is 5.92 Å². The average molecular weight is 285 g/mol. The van der Waals surface area contributed by atoms with E-state index in [-0.39, 0.29) is 0 Å². The molecular formula is C16H23N5. The Morgan fingerprint density at radius 1 is 1.19 bits per heavy atom. The zero-order valence-corrected chi connectivity index (χ0v) is 12.3. The van der Waals surface area contributed by atoms with Gasteiger partial charge in [0.2, 0.25) is 0 Å². The number of fused-ring (bicyclic) bond motifs is 1. The topological polar surface area (TPSA) is 54.2 Å². The third kappa shape index (κ3) is 2.56. The molecule has 3 heterocycles. The van der Waals surface area contributed by atoms with Gasteiger partial charge in [-0.15, -0.1) is 10.2 Å². The Hall–Kier alpha value is -1.46. The van der Waals surface area contributed by atoms with E-state index in [4.69, 9.17) is 0 Å². The van der Waals surface area contributed by atoms with Gasteiger partial charge in [-0.3, -0.25) is 4.40 Å². The molecule has 1 aliphatic heterocycles. The molecule has 3 unspecified atom stereocenters. The van der Waals surface area contributed by atoms with Crippen LogP contribution >= 0.6 is 0 Å². The smallest absolute Gasteiger partial charge is 0.160 e. The van der Waals surface area contributed by atoms with Gasteiger partial charge < -0.3 is 10.6 Å². The van der Waals surface area contributed by atoms with Crippen molar-refractivity contribution in [3.05, 3.63) is 30.2 Å². The second-order valence-electron chi connectivity index (χ2n) is 6.33. The second kappa shape index (κ2) is 5.73. The summed E-state index contributed by atoms with van der Waals surface area (Å²) in [4.78, 5) is 0. The maximum Gasteiger partial charge on any atom is 0.160 e. The molecule has 0 spiro atoms. The van der Waals surface area contributed by atoms with E-state index >= 15 is 0 Å². The summed E-state index contributed by atoms with van der Waals surface area (Å²) in [6.07, 6.45) is 8.72. The highest BCUT2D eigenvalue weighted by Crippen LogP contribution is 2.32. The Morgan fingerprint density at radius 2 is 2.19 bits per heavy atom. The fourth-order valence-electron chi connectivity index (χ4n) is 4.03. The third-order valence-electron chi connectivity index (χ3n) is 5.09. The molecule has 1 saturated carbocycles. The largest absolute Gasteiger partial charge is 0.314 e. The van der Waals surface area contributed by atoms with E-state index in [9.17, 15) is 0 Å². The Morgan fingerprint density at radius 3 is 3.10 bits per heavy atom. The summed E-state index contributed by atoms with van der Waals surface area (Å²) >= 11 is 0. The first-order valence-electron chi connectivity index (χ1n) is 8.17. The number of nitrogens with zero attached hydrogens (tertiary/aromatic N) is 3. The molecule has 2 aliphatic rings. The molecule has 1 saturated heterocycles. The van der Waals surface area contributed by atoms with Gasteiger partial charge in [0.1, 0.15) is 0 Å². The monoisotopic (exact) mass is 285 g/mol. The van der Waals surface area contributed by atoms with Crippen LogP contribution in [0.1, 0.15) is 37.9 Å². The van der Waals surface area contributed by atoms with Crippen LogP contribution in [0.5, 0.6) is 0 Å². The summed E-state index contributed by atoms with van der Waals surface area (Å²) in [5.41, 5.74) is 0.926. The maximum absolute atomic E-state index is 4.31. The van der Waals surface area contributed by atoms with Gasteiger partial charge in [-0.05, 0) is 50.3 Å². The Balaban J connectivity index is 1.43. The molecule has 1 aliphatic carbocycles. The van der Waals surface area contributed by atoms with Crippen LogP contribution in [0.25, 0.3) is 5.65 Å². The minimum absolute atomic E-state index is 0.622. The molecule has 0 aromatic carbocycles. The molecule has 2 N–H and O–H groups in total. The van der Waals surface area contributed by atoms with E-state index < -0.39 is 0 Å². The predicted octanol–water partition coefficient (Wildman–Crippen LogP) is 1.74. The quantitative estimate of drug-likeness (QED) is 0.898. The normalized spacial score (nSPS) is 29.4. The van der Waals surface area contributed by atoms with Gasteiger partial charge in [0, 0.05) is 18.3 Å². The SMILES string of the molecule is c1ccn2c(CNC3CCCC3C3CCCN3)nnc2c1. The predicted molar refractivity (Wildman–Crippen MR) is 82.0 cm³/mol. The number of nitrogens with one attached hydrogen (secondary N) is 2. The number of rotatable bonds is 4. The van der Waals surface area contributed by atoms with Crippen LogP contribution < -0.4 is 10.6 Å². The first kappa shape index (κ1) is 13.2. The molecule has 3 atom stereocenters. The van der Waals surface area contributed by atoms with Crippen LogP contribution in [0.15, 0.2) is 24.4 Å². The number of hydrogen-bond donors (Lipinski definition) is 2. The van der Waals surface area contributed by atoms with Gasteiger partial charge in [0.25, 0.3) is 0 Å². The molecule has 0 radical (unpaired) electrons. The van der Waals surface area contributed by atoms with E-state index in [0.29, 0.717) is 6.04 Å². The van der Waals surface area contributed by atoms with Crippen molar-refractivity contribution in [2.45, 2.75) is 50.7 Å². The van der Waals surface area contributed by atoms with E-state index in [1.165, 1.54) is 38.6 Å². The molecule has 0 bridgehead atoms. The average Bonchev–Trinajstić information content (AvgIpc) is 3.25. The zero-order chi connectivity index (χ0) is 14.1. The molecule has 4 rings (SSSR count).